The smallest absolute Gasteiger partial charge is 0.274 e. The summed E-state index contributed by atoms with van der Waals surface area (Å²) in [6.45, 7) is 2.80. The van der Waals surface area contributed by atoms with E-state index in [1.165, 1.54) is 6.20 Å². The number of aliphatic hydroxyl groups excluding tert-OH is 2. The Morgan fingerprint density at radius 3 is 1.38 bits per heavy atom. The van der Waals surface area contributed by atoms with E-state index in [4.69, 9.17) is 92.7 Å². The van der Waals surface area contributed by atoms with Crippen LogP contribution in [0.25, 0.3) is 34.1 Å². The zero-order chi connectivity index (χ0) is 65.0. The summed E-state index contributed by atoms with van der Waals surface area (Å²) in [6.07, 6.45) is 8.37. The highest BCUT2D eigenvalue weighted by Crippen LogP contribution is 2.30. The Hall–Kier alpha value is -8.16. The monoisotopic (exact) mass is 1310 g/mol. The summed E-state index contributed by atoms with van der Waals surface area (Å²) in [5.41, 5.74) is 9.66. The van der Waals surface area contributed by atoms with Crippen LogP contribution < -0.4 is 21.1 Å². The highest BCUT2D eigenvalue weighted by molar-refractivity contribution is 8.13. The van der Waals surface area contributed by atoms with Crippen molar-refractivity contribution in [3.63, 3.8) is 0 Å². The molecule has 1 saturated heterocycles. The first-order valence-corrected chi connectivity index (χ1v) is 25.8. The number of hydrogen-bond acceptors (Lipinski definition) is 18. The lowest BCUT2D eigenvalue weighted by Crippen LogP contribution is -2.54. The largest absolute Gasteiger partial charge is 0.394 e. The fourth-order valence-electron chi connectivity index (χ4n) is 6.54. The van der Waals surface area contributed by atoms with Crippen molar-refractivity contribution >= 4 is 64.2 Å². The molecule has 9 rings (SSSR count). The van der Waals surface area contributed by atoms with Crippen molar-refractivity contribution in [3.8, 4) is 22.8 Å². The van der Waals surface area contributed by atoms with Crippen molar-refractivity contribution < 1.29 is 128 Å². The van der Waals surface area contributed by atoms with Gasteiger partial charge >= 0.3 is 0 Å². The van der Waals surface area contributed by atoms with Crippen LogP contribution in [0.5, 0.6) is 0 Å². The fourth-order valence-corrected chi connectivity index (χ4v) is 7.46. The minimum atomic E-state index is -3.82. The minimum absolute atomic E-state index is 0. The van der Waals surface area contributed by atoms with Crippen LogP contribution in [0.4, 0.5) is 89.3 Å². The van der Waals surface area contributed by atoms with Crippen molar-refractivity contribution in [2.75, 3.05) is 49.6 Å². The Morgan fingerprint density at radius 1 is 0.647 bits per heavy atom. The van der Waals surface area contributed by atoms with Crippen LogP contribution in [0.3, 0.4) is 0 Å². The highest BCUT2D eigenvalue weighted by Gasteiger charge is 2.42. The highest BCUT2D eigenvalue weighted by atomic mass is 35.7. The van der Waals surface area contributed by atoms with Gasteiger partial charge in [0.05, 0.1) is 51.3 Å². The summed E-state index contributed by atoms with van der Waals surface area (Å²) in [7, 11) is -2.52. The molecule has 0 radical (unpaired) electrons. The van der Waals surface area contributed by atoms with Crippen LogP contribution in [0.2, 0.25) is 0 Å². The zero-order valence-electron chi connectivity index (χ0n) is 42.9. The third-order valence-electron chi connectivity index (χ3n) is 10.1. The molecule has 0 atom stereocenters. The van der Waals surface area contributed by atoms with Gasteiger partial charge in [0.2, 0.25) is 30.7 Å². The van der Waals surface area contributed by atoms with Gasteiger partial charge in [0.1, 0.15) is 28.2 Å². The second-order valence-electron chi connectivity index (χ2n) is 15.6. The second-order valence-corrected chi connectivity index (χ2v) is 20.4. The summed E-state index contributed by atoms with van der Waals surface area (Å²) >= 11 is 0. The first kappa shape index (κ1) is 81.1. The maximum Gasteiger partial charge on any atom is 0.274 e. The number of aromatic nitrogens is 8. The van der Waals surface area contributed by atoms with Gasteiger partial charge in [-0.1, -0.05) is 46.7 Å². The van der Waals surface area contributed by atoms with Gasteiger partial charge in [-0.05, 0) is 61.4 Å². The second kappa shape index (κ2) is 41.0. The van der Waals surface area contributed by atoms with Gasteiger partial charge < -0.3 is 40.4 Å². The van der Waals surface area contributed by atoms with Crippen LogP contribution in [-0.2, 0) is 34.9 Å². The Bertz CT molecular complexity index is 3420. The molecule has 6 aromatic heterocycles. The van der Waals surface area contributed by atoms with Crippen molar-refractivity contribution in [3.05, 3.63) is 132 Å². The number of rotatable bonds is 12. The molecule has 8 aromatic rings. The Kier molecular flexibility index (Phi) is 39.1. The van der Waals surface area contributed by atoms with E-state index < -0.39 is 43.4 Å². The number of nitrogens with one attached hydrogen (secondary N) is 3. The van der Waals surface area contributed by atoms with Crippen molar-refractivity contribution in [2.24, 2.45) is 5.73 Å². The first-order chi connectivity index (χ1) is 40.2. The number of nitrogens with two attached hydrogens (primary N) is 1. The van der Waals surface area contributed by atoms with E-state index >= 15 is 0 Å². The summed E-state index contributed by atoms with van der Waals surface area (Å²) in [5, 5.41) is 33.2. The predicted molar refractivity (Wildman–Crippen MR) is 267 cm³/mol. The van der Waals surface area contributed by atoms with Crippen LogP contribution in [0.15, 0.2) is 107 Å². The molecule has 0 aliphatic carbocycles. The van der Waals surface area contributed by atoms with Crippen LogP contribution in [-0.4, -0.2) is 117 Å². The molecule has 0 bridgehead atoms. The molecule has 0 saturated carbocycles. The van der Waals surface area contributed by atoms with Crippen LogP contribution in [0, 0.1) is 13.8 Å². The van der Waals surface area contributed by atoms with Gasteiger partial charge in [-0.2, -0.15) is 14.7 Å². The maximum absolute atomic E-state index is 12.9. The van der Waals surface area contributed by atoms with Crippen molar-refractivity contribution in [2.45, 2.75) is 24.9 Å². The van der Waals surface area contributed by atoms with Crippen LogP contribution >= 0.6 is 10.7 Å². The van der Waals surface area contributed by atoms with E-state index in [-0.39, 0.29) is 28.2 Å². The number of imidazole rings is 2. The molecule has 7 heterocycles. The molecular formula is C42H44ClF17N12O11S2. The Labute approximate surface area is 470 Å². The minimum Gasteiger partial charge on any atom is -0.394 e. The quantitative estimate of drug-likeness (QED) is 0.0489. The third-order valence-corrected chi connectivity index (χ3v) is 10.9. The normalized spacial score (nSPS) is 11.3. The van der Waals surface area contributed by atoms with E-state index in [9.17, 15) is 36.6 Å². The van der Waals surface area contributed by atoms with E-state index in [1.807, 2.05) is 56.3 Å². The molecule has 7 N–H and O–H groups in total. The summed E-state index contributed by atoms with van der Waals surface area (Å²) in [4.78, 5) is 42.8. The number of ether oxygens (including phenoxy) is 1. The number of benzene rings is 2. The molecule has 43 heteroatoms. The summed E-state index contributed by atoms with van der Waals surface area (Å²) in [5.74, 6) is -0.121. The lowest BCUT2D eigenvalue weighted by atomic mass is 9.99. The molecule has 1 fully saturated rings. The number of nitrogens with zero attached hydrogens (tertiary/aromatic N) is 8. The number of hydrogen-bond donors (Lipinski definition) is 6. The topological polar surface area (TPSA) is 327 Å². The number of aryl methyl sites for hydroxylation is 2. The SMILES string of the molecule is CS(=O)(=O)Cl.Cc1ccc(-c2noc(C(CO)(CO)NS(C)(=O)=O)n2)cc1NC(=O)c1cnc2ccccn12.Cc1ccc(-c2noc(C3(N)COC3)n2)cc1NC(=O)c1cnc2ccccn12.F.FF.FF.FF.FF.FF.FF.FF.FF. The molecule has 2 amide bonds. The molecule has 85 heavy (non-hydrogen) atoms. The number of fused-ring (bicyclic) bond motifs is 2. The molecule has 476 valence electrons. The molecule has 23 nitrogen and oxygen atoms in total. The number of anilines is 2. The summed E-state index contributed by atoms with van der Waals surface area (Å²) < 4.78 is 191. The molecule has 2 aromatic carbocycles. The number of halogens is 18. The van der Waals surface area contributed by atoms with Crippen LogP contribution in [0.1, 0.15) is 43.9 Å². The lowest BCUT2D eigenvalue weighted by Gasteiger charge is -2.33. The number of aliphatic hydroxyl groups is 2. The van der Waals surface area contributed by atoms with Gasteiger partial charge in [0.25, 0.3) is 23.6 Å². The van der Waals surface area contributed by atoms with Crippen molar-refractivity contribution in [1.82, 2.24) is 43.8 Å². The first-order valence-electron chi connectivity index (χ1n) is 21.2. The number of sulfonamides is 1. The Morgan fingerprint density at radius 2 is 1.02 bits per heavy atom. The number of pyridine rings is 2. The molecule has 0 spiro atoms. The molecule has 0 unspecified atom stereocenters. The number of amides is 2. The average molecular weight is 1320 g/mol. The van der Waals surface area contributed by atoms with E-state index in [2.05, 4.69) is 56.3 Å². The van der Waals surface area contributed by atoms with E-state index in [0.717, 1.165) is 23.6 Å². The van der Waals surface area contributed by atoms with Gasteiger partial charge in [-0.15, -0.1) is 0 Å². The van der Waals surface area contributed by atoms with E-state index in [1.54, 1.807) is 57.7 Å². The van der Waals surface area contributed by atoms with Gasteiger partial charge in [0, 0.05) is 119 Å². The predicted octanol–water partition coefficient (Wildman–Crippen LogP) is 9.86. The molecule has 1 aliphatic rings. The zero-order valence-corrected chi connectivity index (χ0v) is 45.3. The molecule has 1 aliphatic heterocycles. The molecular weight excluding hydrogens is 1270 g/mol. The fraction of sp³-hybridized carbons (Fsp3) is 0.238. The van der Waals surface area contributed by atoms with Gasteiger partial charge in [0.15, 0.2) is 5.54 Å². The van der Waals surface area contributed by atoms with Crippen molar-refractivity contribution in [1.29, 1.82) is 0 Å². The Balaban J connectivity index is -0.00000120. The maximum atomic E-state index is 12.9. The van der Waals surface area contributed by atoms with E-state index in [0.29, 0.717) is 70.1 Å². The standard InChI is InChI=1S/C21H22N6O6S.C20H18N6O3.CH3ClO2S.8F2.FH/c1-13-6-7-14(18-24-20(33-25-18)21(11-28,12-29)26-34(2,31)32)9-15(13)23-19(30)16-10-22-17-5-3-4-8-27(16)17;1-12-5-6-13(17-24-19(29-25-17)20(21)10-28-11-20)8-14(12)23-18(27)15-9-22-16-4-2-3-7-26(15)16;1-5(2,3)4;8*1-2;/h3-10,26,28-29H,11-12H2,1-2H3,(H,23,30);2-9H,10-11,21H2,1H3,(H,23,27);1H3;;;;;;;;;1H. The number of carbonyl (C=O) groups is 2. The summed E-state index contributed by atoms with van der Waals surface area (Å²) in [6, 6.07) is 21.6. The van der Waals surface area contributed by atoms with Gasteiger partial charge in [-0.3, -0.25) is 23.1 Å². The van der Waals surface area contributed by atoms with Gasteiger partial charge in [-0.25, -0.2) is 26.8 Å². The number of carbonyl (C=O) groups excluding carboxylic acids is 2. The lowest BCUT2D eigenvalue weighted by molar-refractivity contribution is -0.0714. The third kappa shape index (κ3) is 23.8. The average Bonchev–Trinajstić information content (AvgIpc) is 4.19.